The standard InChI is InChI=1S/C18H24N2O/c1-18(2)8-5-10-20(11-9-18)17-12-14(13-21)15-6-3-4-7-16(15)19-17/h3-4,6-7,12,21H,5,8-11,13H2,1-2H3. The zero-order valence-electron chi connectivity index (χ0n) is 13.0. The number of nitrogens with zero attached hydrogens (tertiary/aromatic N) is 2. The largest absolute Gasteiger partial charge is 0.392 e. The molecule has 0 spiro atoms. The second-order valence-electron chi connectivity index (χ2n) is 6.82. The minimum atomic E-state index is 0.0648. The van der Waals surface area contributed by atoms with Gasteiger partial charge in [-0.05, 0) is 42.4 Å². The van der Waals surface area contributed by atoms with Gasteiger partial charge in [-0.2, -0.15) is 0 Å². The lowest BCUT2D eigenvalue weighted by Crippen LogP contribution is -2.26. The molecule has 0 amide bonds. The van der Waals surface area contributed by atoms with Crippen molar-refractivity contribution < 1.29 is 5.11 Å². The lowest BCUT2D eigenvalue weighted by Gasteiger charge is -2.24. The quantitative estimate of drug-likeness (QED) is 0.912. The number of fused-ring (bicyclic) bond motifs is 1. The molecule has 2 aromatic rings. The number of pyridine rings is 1. The Hall–Kier alpha value is -1.61. The van der Waals surface area contributed by atoms with Crippen molar-refractivity contribution in [2.24, 2.45) is 5.41 Å². The van der Waals surface area contributed by atoms with Gasteiger partial charge in [0.15, 0.2) is 0 Å². The zero-order valence-corrected chi connectivity index (χ0v) is 13.0. The Balaban J connectivity index is 1.96. The number of hydrogen-bond donors (Lipinski definition) is 1. The van der Waals surface area contributed by atoms with Gasteiger partial charge < -0.3 is 10.0 Å². The minimum absolute atomic E-state index is 0.0648. The van der Waals surface area contributed by atoms with E-state index in [0.717, 1.165) is 35.4 Å². The van der Waals surface area contributed by atoms with E-state index < -0.39 is 0 Å². The van der Waals surface area contributed by atoms with E-state index in [-0.39, 0.29) is 6.61 Å². The highest BCUT2D eigenvalue weighted by atomic mass is 16.3. The summed E-state index contributed by atoms with van der Waals surface area (Å²) in [7, 11) is 0. The van der Waals surface area contributed by atoms with Crippen LogP contribution < -0.4 is 4.90 Å². The van der Waals surface area contributed by atoms with Gasteiger partial charge in [0.05, 0.1) is 12.1 Å². The third kappa shape index (κ3) is 3.03. The monoisotopic (exact) mass is 284 g/mol. The van der Waals surface area contributed by atoms with Gasteiger partial charge in [-0.3, -0.25) is 0 Å². The number of para-hydroxylation sites is 1. The van der Waals surface area contributed by atoms with E-state index in [1.807, 2.05) is 24.3 Å². The van der Waals surface area contributed by atoms with Crippen LogP contribution in [0.4, 0.5) is 5.82 Å². The van der Waals surface area contributed by atoms with Gasteiger partial charge in [-0.1, -0.05) is 32.0 Å². The Labute approximate surface area is 126 Å². The molecule has 1 aliphatic rings. The van der Waals surface area contributed by atoms with Crippen molar-refractivity contribution in [2.45, 2.75) is 39.7 Å². The Morgan fingerprint density at radius 3 is 2.81 bits per heavy atom. The van der Waals surface area contributed by atoms with Crippen LogP contribution in [0.15, 0.2) is 30.3 Å². The number of aliphatic hydroxyl groups excluding tert-OH is 1. The number of rotatable bonds is 2. The molecule has 0 aliphatic carbocycles. The van der Waals surface area contributed by atoms with Crippen molar-refractivity contribution in [3.8, 4) is 0 Å². The van der Waals surface area contributed by atoms with E-state index in [9.17, 15) is 5.11 Å². The van der Waals surface area contributed by atoms with Crippen molar-refractivity contribution in [3.63, 3.8) is 0 Å². The lowest BCUT2D eigenvalue weighted by molar-refractivity contribution is 0.283. The molecule has 0 bridgehead atoms. The van der Waals surface area contributed by atoms with Gasteiger partial charge in [0.2, 0.25) is 0 Å². The predicted octanol–water partition coefficient (Wildman–Crippen LogP) is 3.74. The molecule has 21 heavy (non-hydrogen) atoms. The molecule has 1 saturated heterocycles. The number of hydrogen-bond acceptors (Lipinski definition) is 3. The summed E-state index contributed by atoms with van der Waals surface area (Å²) in [5.41, 5.74) is 2.37. The molecule has 1 aliphatic heterocycles. The first-order valence-electron chi connectivity index (χ1n) is 7.83. The number of aliphatic hydroxyl groups is 1. The molecule has 3 heteroatoms. The fourth-order valence-corrected chi connectivity index (χ4v) is 3.18. The van der Waals surface area contributed by atoms with Gasteiger partial charge in [0.25, 0.3) is 0 Å². The van der Waals surface area contributed by atoms with Crippen LogP contribution >= 0.6 is 0 Å². The van der Waals surface area contributed by atoms with Crippen LogP contribution in [-0.4, -0.2) is 23.2 Å². The Morgan fingerprint density at radius 1 is 1.19 bits per heavy atom. The molecular weight excluding hydrogens is 260 g/mol. The van der Waals surface area contributed by atoms with Crippen LogP contribution in [0.2, 0.25) is 0 Å². The van der Waals surface area contributed by atoms with Crippen LogP contribution in [0.5, 0.6) is 0 Å². The summed E-state index contributed by atoms with van der Waals surface area (Å²) in [6.07, 6.45) is 3.66. The van der Waals surface area contributed by atoms with E-state index in [4.69, 9.17) is 4.98 Å². The summed E-state index contributed by atoms with van der Waals surface area (Å²) in [5.74, 6) is 1.01. The van der Waals surface area contributed by atoms with E-state index in [2.05, 4.69) is 24.8 Å². The first-order valence-corrected chi connectivity index (χ1v) is 7.83. The molecule has 1 aromatic carbocycles. The van der Waals surface area contributed by atoms with Crippen molar-refractivity contribution in [1.29, 1.82) is 0 Å². The molecular formula is C18H24N2O. The van der Waals surface area contributed by atoms with E-state index in [1.54, 1.807) is 0 Å². The fourth-order valence-electron chi connectivity index (χ4n) is 3.18. The summed E-state index contributed by atoms with van der Waals surface area (Å²) >= 11 is 0. The van der Waals surface area contributed by atoms with E-state index in [1.165, 1.54) is 19.3 Å². The smallest absolute Gasteiger partial charge is 0.129 e. The third-order valence-electron chi connectivity index (χ3n) is 4.62. The summed E-state index contributed by atoms with van der Waals surface area (Å²) in [6, 6.07) is 10.1. The normalized spacial score (nSPS) is 18.7. The Bertz CT molecular complexity index is 636. The Kier molecular flexibility index (Phi) is 3.85. The van der Waals surface area contributed by atoms with Gasteiger partial charge in [-0.25, -0.2) is 4.98 Å². The maximum Gasteiger partial charge on any atom is 0.129 e. The molecule has 1 fully saturated rings. The molecule has 3 rings (SSSR count). The SMILES string of the molecule is CC1(C)CCCN(c2cc(CO)c3ccccc3n2)CC1. The molecule has 0 saturated carbocycles. The van der Waals surface area contributed by atoms with Crippen LogP contribution in [-0.2, 0) is 6.61 Å². The summed E-state index contributed by atoms with van der Waals surface area (Å²) in [4.78, 5) is 7.19. The van der Waals surface area contributed by atoms with Gasteiger partial charge in [-0.15, -0.1) is 0 Å². The van der Waals surface area contributed by atoms with E-state index >= 15 is 0 Å². The molecule has 0 radical (unpaired) electrons. The van der Waals surface area contributed by atoms with Crippen molar-refractivity contribution in [3.05, 3.63) is 35.9 Å². The first kappa shape index (κ1) is 14.3. The molecule has 2 heterocycles. The van der Waals surface area contributed by atoms with Crippen LogP contribution in [0, 0.1) is 5.41 Å². The molecule has 1 N–H and O–H groups in total. The lowest BCUT2D eigenvalue weighted by atomic mass is 9.85. The summed E-state index contributed by atoms with van der Waals surface area (Å²) in [5, 5.41) is 10.7. The zero-order chi connectivity index (χ0) is 14.9. The van der Waals surface area contributed by atoms with Crippen molar-refractivity contribution >= 4 is 16.7 Å². The van der Waals surface area contributed by atoms with Gasteiger partial charge >= 0.3 is 0 Å². The highest BCUT2D eigenvalue weighted by Crippen LogP contribution is 2.32. The second-order valence-corrected chi connectivity index (χ2v) is 6.82. The van der Waals surface area contributed by atoms with Crippen LogP contribution in [0.1, 0.15) is 38.7 Å². The maximum atomic E-state index is 9.65. The van der Waals surface area contributed by atoms with E-state index in [0.29, 0.717) is 5.41 Å². The molecule has 1 aromatic heterocycles. The highest BCUT2D eigenvalue weighted by Gasteiger charge is 2.24. The molecule has 0 unspecified atom stereocenters. The highest BCUT2D eigenvalue weighted by molar-refractivity contribution is 5.84. The predicted molar refractivity (Wildman–Crippen MR) is 87.5 cm³/mol. The summed E-state index contributed by atoms with van der Waals surface area (Å²) < 4.78 is 0. The third-order valence-corrected chi connectivity index (χ3v) is 4.62. The van der Waals surface area contributed by atoms with Crippen LogP contribution in [0.3, 0.4) is 0 Å². The number of aromatic nitrogens is 1. The maximum absolute atomic E-state index is 9.65. The van der Waals surface area contributed by atoms with Crippen molar-refractivity contribution in [2.75, 3.05) is 18.0 Å². The molecule has 112 valence electrons. The number of benzene rings is 1. The molecule has 3 nitrogen and oxygen atoms in total. The fraction of sp³-hybridized carbons (Fsp3) is 0.500. The first-order chi connectivity index (χ1) is 10.1. The van der Waals surface area contributed by atoms with Crippen LogP contribution in [0.25, 0.3) is 10.9 Å². The average Bonchev–Trinajstić information content (AvgIpc) is 2.67. The second kappa shape index (κ2) is 5.64. The Morgan fingerprint density at radius 2 is 2.00 bits per heavy atom. The molecule has 0 atom stereocenters. The average molecular weight is 284 g/mol. The summed E-state index contributed by atoms with van der Waals surface area (Å²) in [6.45, 7) is 6.87. The van der Waals surface area contributed by atoms with Gasteiger partial charge in [0.1, 0.15) is 5.82 Å². The van der Waals surface area contributed by atoms with Gasteiger partial charge in [0, 0.05) is 18.5 Å². The minimum Gasteiger partial charge on any atom is -0.392 e. The topological polar surface area (TPSA) is 36.4 Å². The van der Waals surface area contributed by atoms with Crippen molar-refractivity contribution in [1.82, 2.24) is 4.98 Å². The number of anilines is 1.